The zero-order valence-corrected chi connectivity index (χ0v) is 36.1. The Labute approximate surface area is 346 Å². The quantitative estimate of drug-likeness (QED) is 0.0558. The van der Waals surface area contributed by atoms with Crippen LogP contribution < -0.4 is 5.32 Å². The van der Waals surface area contributed by atoms with Crippen LogP contribution in [0.3, 0.4) is 0 Å². The van der Waals surface area contributed by atoms with Gasteiger partial charge in [0.2, 0.25) is 0 Å². The molecule has 4 aliphatic heterocycles. The van der Waals surface area contributed by atoms with Crippen LogP contribution in [0.25, 0.3) is 0 Å². The molecule has 6 rings (SSSR count). The van der Waals surface area contributed by atoms with Gasteiger partial charge in [0.25, 0.3) is 0 Å². The number of hydrogen-bond acceptors (Lipinski definition) is 12. The minimum Gasteiger partial charge on any atom is -0.461 e. The molecule has 0 spiro atoms. The van der Waals surface area contributed by atoms with E-state index in [1.807, 2.05) is 38.0 Å². The summed E-state index contributed by atoms with van der Waals surface area (Å²) in [5, 5.41) is 2.90. The molecule has 2 unspecified atom stereocenters. The van der Waals surface area contributed by atoms with Crippen molar-refractivity contribution in [2.75, 3.05) is 61.0 Å². The highest BCUT2D eigenvalue weighted by molar-refractivity contribution is 5.76. The Balaban J connectivity index is 0.801. The monoisotopic (exact) mass is 814 g/mol. The lowest BCUT2D eigenvalue weighted by molar-refractivity contribution is -0.146. The van der Waals surface area contributed by atoms with E-state index in [-0.39, 0.29) is 83.8 Å². The molecule has 0 saturated carbocycles. The second-order valence-corrected chi connectivity index (χ2v) is 18.8. The molecule has 6 aliphatic rings. The van der Waals surface area contributed by atoms with Crippen LogP contribution in [0.15, 0.2) is 23.3 Å². The maximum absolute atomic E-state index is 12.8. The first-order chi connectivity index (χ1) is 27.8. The molecular formula is C45H71N3O10. The lowest BCUT2D eigenvalue weighted by Gasteiger charge is -2.24. The number of ether oxygens (including phenoxy) is 6. The number of unbranched alkanes of at least 4 members (excludes halogenated alkanes) is 6. The van der Waals surface area contributed by atoms with Crippen LogP contribution in [0, 0.1) is 23.7 Å². The number of epoxide rings is 2. The number of nitrogens with zero attached hydrogens (tertiary/aromatic N) is 2. The number of allylic oxidation sites excluding steroid dienone is 2. The number of nitrogens with one attached hydrogen (secondary N) is 1. The van der Waals surface area contributed by atoms with Crippen LogP contribution in [0.4, 0.5) is 4.79 Å². The molecule has 2 aliphatic carbocycles. The van der Waals surface area contributed by atoms with Crippen LogP contribution in [-0.2, 0) is 42.8 Å². The van der Waals surface area contributed by atoms with E-state index < -0.39 is 6.09 Å². The first kappa shape index (κ1) is 44.5. The van der Waals surface area contributed by atoms with Crippen molar-refractivity contribution in [3.05, 3.63) is 23.3 Å². The average molecular weight is 814 g/mol. The molecule has 13 heteroatoms. The minimum absolute atomic E-state index is 0.0317. The second kappa shape index (κ2) is 20.0. The van der Waals surface area contributed by atoms with Crippen molar-refractivity contribution in [2.24, 2.45) is 23.7 Å². The van der Waals surface area contributed by atoms with Crippen LogP contribution in [0.1, 0.15) is 117 Å². The van der Waals surface area contributed by atoms with Gasteiger partial charge in [0, 0.05) is 37.9 Å². The minimum atomic E-state index is -0.399. The lowest BCUT2D eigenvalue weighted by Crippen LogP contribution is -2.34. The van der Waals surface area contributed by atoms with Gasteiger partial charge >= 0.3 is 24.0 Å². The summed E-state index contributed by atoms with van der Waals surface area (Å²) < 4.78 is 35.4. The Kier molecular flexibility index (Phi) is 15.4. The molecule has 1 amide bonds. The highest BCUT2D eigenvalue weighted by atomic mass is 16.7. The smallest absolute Gasteiger partial charge is 0.407 e. The second-order valence-electron chi connectivity index (χ2n) is 18.8. The van der Waals surface area contributed by atoms with Crippen LogP contribution in [-0.4, -0.2) is 130 Å². The van der Waals surface area contributed by atoms with Gasteiger partial charge in [-0.15, -0.1) is 0 Å². The predicted molar refractivity (Wildman–Crippen MR) is 218 cm³/mol. The van der Waals surface area contributed by atoms with E-state index >= 15 is 0 Å². The summed E-state index contributed by atoms with van der Waals surface area (Å²) in [4.78, 5) is 54.9. The maximum Gasteiger partial charge on any atom is 0.407 e. The fourth-order valence-electron chi connectivity index (χ4n) is 9.90. The molecule has 10 atom stereocenters. The fourth-order valence-corrected chi connectivity index (χ4v) is 9.90. The van der Waals surface area contributed by atoms with Crippen molar-refractivity contribution in [1.82, 2.24) is 15.1 Å². The van der Waals surface area contributed by atoms with E-state index in [1.54, 1.807) is 0 Å². The maximum atomic E-state index is 12.8. The van der Waals surface area contributed by atoms with Crippen LogP contribution in [0.2, 0.25) is 0 Å². The normalized spacial score (nSPS) is 36.1. The first-order valence-electron chi connectivity index (χ1n) is 22.2. The standard InChI is InChI=1S/C45H71N3O10/c1-44-23-14-16-30(19-21-32-34(26-47(3)4)41(50)55-37(32)39(44)57-44)28-53-36(49)18-12-10-8-7-9-11-13-25-46-43(52)54-29-31-17-15-24-45(2)40(58-45)38-33(22-20-31)35(27-48(5)6)42(51)56-38/h16-17,32-35,37-40H,7-15,18-29H2,1-6H3,(H,46,52)/b30-16+,31-17+/t32-,33-,34?,35?,37-,38-,39-,40-,44+,45+/m0/s1. The Morgan fingerprint density at radius 1 is 0.707 bits per heavy atom. The molecular weight excluding hydrogens is 743 g/mol. The number of hydrogen-bond donors (Lipinski definition) is 1. The van der Waals surface area contributed by atoms with E-state index in [0.29, 0.717) is 32.7 Å². The van der Waals surface area contributed by atoms with E-state index in [1.165, 1.54) is 0 Å². The molecule has 1 N–H and O–H groups in total. The van der Waals surface area contributed by atoms with Crippen molar-refractivity contribution >= 4 is 24.0 Å². The molecule has 58 heavy (non-hydrogen) atoms. The van der Waals surface area contributed by atoms with Crippen molar-refractivity contribution < 1.29 is 47.6 Å². The Morgan fingerprint density at radius 3 is 1.67 bits per heavy atom. The Morgan fingerprint density at radius 2 is 1.17 bits per heavy atom. The van der Waals surface area contributed by atoms with Gasteiger partial charge in [-0.1, -0.05) is 44.3 Å². The van der Waals surface area contributed by atoms with E-state index in [2.05, 4.69) is 31.3 Å². The third-order valence-electron chi connectivity index (χ3n) is 13.5. The Hall–Kier alpha value is -3.00. The third kappa shape index (κ3) is 11.8. The number of rotatable bonds is 18. The summed E-state index contributed by atoms with van der Waals surface area (Å²) >= 11 is 0. The van der Waals surface area contributed by atoms with Crippen molar-refractivity contribution in [3.8, 4) is 0 Å². The summed E-state index contributed by atoms with van der Waals surface area (Å²) in [6, 6.07) is 0. The SMILES string of the molecule is CN(C)CC1C(=O)O[C@H]2[C@H]1CC/C(COC(=O)CCCCCCCCCNC(=O)OC/C1=C/CC[C@@]3(C)O[C@H]3[C@H]3OC(=O)C(CN(C)C)[C@@H]3CC1)=C\CC[C@@]1(C)O[C@@H]21. The number of carbonyl (C=O) groups excluding carboxylic acids is 4. The van der Waals surface area contributed by atoms with Crippen molar-refractivity contribution in [3.63, 3.8) is 0 Å². The van der Waals surface area contributed by atoms with Gasteiger partial charge < -0.3 is 43.5 Å². The summed E-state index contributed by atoms with van der Waals surface area (Å²) in [7, 11) is 7.93. The molecule has 0 bridgehead atoms. The van der Waals surface area contributed by atoms with Gasteiger partial charge in [0.05, 0.1) is 23.0 Å². The molecule has 0 radical (unpaired) electrons. The first-order valence-corrected chi connectivity index (χ1v) is 22.2. The molecule has 4 heterocycles. The van der Waals surface area contributed by atoms with Crippen molar-refractivity contribution in [1.29, 1.82) is 0 Å². The molecule has 13 nitrogen and oxygen atoms in total. The van der Waals surface area contributed by atoms with Gasteiger partial charge in [-0.05, 0) is 117 Å². The molecule has 4 saturated heterocycles. The number of alkyl carbamates (subject to hydrolysis) is 1. The van der Waals surface area contributed by atoms with E-state index in [9.17, 15) is 19.2 Å². The van der Waals surface area contributed by atoms with Gasteiger partial charge in [-0.3, -0.25) is 14.4 Å². The number of esters is 3. The highest BCUT2D eigenvalue weighted by Gasteiger charge is 2.64. The summed E-state index contributed by atoms with van der Waals surface area (Å²) in [5.74, 6) is -0.588. The largest absolute Gasteiger partial charge is 0.461 e. The van der Waals surface area contributed by atoms with Gasteiger partial charge in [-0.2, -0.15) is 0 Å². The van der Waals surface area contributed by atoms with E-state index in [0.717, 1.165) is 107 Å². The fraction of sp³-hybridized carbons (Fsp3) is 0.822. The molecule has 0 aromatic carbocycles. The lowest BCUT2D eigenvalue weighted by atomic mass is 9.80. The zero-order valence-electron chi connectivity index (χ0n) is 36.1. The van der Waals surface area contributed by atoms with Gasteiger partial charge in [-0.25, -0.2) is 4.79 Å². The summed E-state index contributed by atoms with van der Waals surface area (Å²) in [6.45, 7) is 6.65. The third-order valence-corrected chi connectivity index (χ3v) is 13.5. The number of carbonyl (C=O) groups is 4. The van der Waals surface area contributed by atoms with Gasteiger partial charge in [0.1, 0.15) is 37.6 Å². The molecule has 0 aromatic heterocycles. The Bertz CT molecular complexity index is 1400. The predicted octanol–water partition coefficient (Wildman–Crippen LogP) is 6.13. The van der Waals surface area contributed by atoms with Gasteiger partial charge in [0.15, 0.2) is 0 Å². The number of fused-ring (bicyclic) bond motifs is 6. The summed E-state index contributed by atoms with van der Waals surface area (Å²) in [5.41, 5.74) is 1.66. The molecule has 4 fully saturated rings. The van der Waals surface area contributed by atoms with Crippen molar-refractivity contribution in [2.45, 2.75) is 152 Å². The molecule has 0 aromatic rings. The van der Waals surface area contributed by atoms with Crippen LogP contribution in [0.5, 0.6) is 0 Å². The summed E-state index contributed by atoms with van der Waals surface area (Å²) in [6.07, 6.45) is 17.4. The van der Waals surface area contributed by atoms with E-state index in [4.69, 9.17) is 28.4 Å². The zero-order chi connectivity index (χ0) is 41.5. The molecule has 326 valence electrons. The highest BCUT2D eigenvalue weighted by Crippen LogP contribution is 2.51. The number of amides is 1. The van der Waals surface area contributed by atoms with Crippen LogP contribution >= 0.6 is 0 Å². The topological polar surface area (TPSA) is 149 Å². The average Bonchev–Trinajstić information content (AvgIpc) is 3.97.